The van der Waals surface area contributed by atoms with E-state index in [1.807, 2.05) is 0 Å². The van der Waals surface area contributed by atoms with E-state index in [4.69, 9.17) is 5.11 Å². The molecule has 6 heteroatoms. The Bertz CT molecular complexity index is 653. The molecule has 1 aliphatic carbocycles. The smallest absolute Gasteiger partial charge is 0.392 e. The molecular weight excluding hydrogens is 281 g/mol. The molecule has 2 N–H and O–H groups in total. The zero-order chi connectivity index (χ0) is 15.1. The van der Waals surface area contributed by atoms with Gasteiger partial charge in [0.15, 0.2) is 0 Å². The summed E-state index contributed by atoms with van der Waals surface area (Å²) in [5, 5.41) is 11.4. The van der Waals surface area contributed by atoms with Crippen LogP contribution in [0.15, 0.2) is 23.2 Å². The van der Waals surface area contributed by atoms with Crippen molar-refractivity contribution in [3.8, 4) is 11.8 Å². The van der Waals surface area contributed by atoms with Crippen LogP contribution in [0.3, 0.4) is 0 Å². The average Bonchev–Trinajstić information content (AvgIpc) is 3.27. The molecule has 2 aliphatic rings. The van der Waals surface area contributed by atoms with E-state index in [9.17, 15) is 13.2 Å². The van der Waals surface area contributed by atoms with E-state index in [1.165, 1.54) is 18.2 Å². The van der Waals surface area contributed by atoms with Crippen LogP contribution >= 0.6 is 0 Å². The summed E-state index contributed by atoms with van der Waals surface area (Å²) in [5.74, 6) is 5.15. The van der Waals surface area contributed by atoms with Crippen molar-refractivity contribution in [2.24, 2.45) is 10.9 Å². The number of hydrogen-bond acceptors (Lipinski definition) is 3. The van der Waals surface area contributed by atoms with Crippen molar-refractivity contribution in [1.29, 1.82) is 0 Å². The number of benzene rings is 1. The lowest BCUT2D eigenvalue weighted by molar-refractivity contribution is -0.177. The summed E-state index contributed by atoms with van der Waals surface area (Å²) in [7, 11) is 0. The average molecular weight is 294 g/mol. The van der Waals surface area contributed by atoms with Gasteiger partial charge in [0.25, 0.3) is 0 Å². The number of alkyl halides is 3. The van der Waals surface area contributed by atoms with Crippen LogP contribution in [0.1, 0.15) is 24.0 Å². The van der Waals surface area contributed by atoms with Crippen molar-refractivity contribution < 1.29 is 18.3 Å². The zero-order valence-electron chi connectivity index (χ0n) is 11.0. The normalized spacial score (nSPS) is 23.8. The second kappa shape index (κ2) is 4.78. The van der Waals surface area contributed by atoms with Crippen molar-refractivity contribution in [1.82, 2.24) is 5.32 Å². The van der Waals surface area contributed by atoms with E-state index in [0.717, 1.165) is 19.2 Å². The fourth-order valence-corrected chi connectivity index (χ4v) is 2.22. The number of aliphatic hydroxyl groups is 1. The minimum absolute atomic E-state index is 0.0251. The Balaban J connectivity index is 2.14. The van der Waals surface area contributed by atoms with Gasteiger partial charge in [0, 0.05) is 11.5 Å². The Morgan fingerprint density at radius 1 is 1.38 bits per heavy atom. The van der Waals surface area contributed by atoms with Crippen molar-refractivity contribution in [3.63, 3.8) is 0 Å². The largest absolute Gasteiger partial charge is 0.427 e. The first-order chi connectivity index (χ1) is 9.96. The number of nitrogens with one attached hydrogen (secondary N) is 1. The maximum atomic E-state index is 13.7. The van der Waals surface area contributed by atoms with Gasteiger partial charge in [-0.15, -0.1) is 0 Å². The van der Waals surface area contributed by atoms with Gasteiger partial charge < -0.3 is 10.4 Å². The van der Waals surface area contributed by atoms with Gasteiger partial charge in [0.2, 0.25) is 5.54 Å². The molecule has 110 valence electrons. The molecule has 1 aromatic carbocycles. The number of rotatable bonds is 1. The lowest BCUT2D eigenvalue weighted by atomic mass is 9.86. The lowest BCUT2D eigenvalue weighted by Crippen LogP contribution is -2.53. The summed E-state index contributed by atoms with van der Waals surface area (Å²) in [4.78, 5) is 3.94. The van der Waals surface area contributed by atoms with Crippen molar-refractivity contribution in [2.75, 3.05) is 0 Å². The SMILES string of the molecule is OCc1ccc2c(c1)N=CNC2(C#CC1CC1)C(F)(F)F. The molecule has 0 radical (unpaired) electrons. The van der Waals surface area contributed by atoms with Gasteiger partial charge in [-0.1, -0.05) is 24.0 Å². The van der Waals surface area contributed by atoms with Crippen LogP contribution in [-0.2, 0) is 12.1 Å². The lowest BCUT2D eigenvalue weighted by Gasteiger charge is -2.34. The Morgan fingerprint density at radius 3 is 2.76 bits per heavy atom. The van der Waals surface area contributed by atoms with Crippen LogP contribution in [-0.4, -0.2) is 17.6 Å². The third-order valence-electron chi connectivity index (χ3n) is 3.60. The van der Waals surface area contributed by atoms with Gasteiger partial charge in [-0.3, -0.25) is 0 Å². The number of fused-ring (bicyclic) bond motifs is 1. The third kappa shape index (κ3) is 2.38. The van der Waals surface area contributed by atoms with E-state index >= 15 is 0 Å². The Morgan fingerprint density at radius 2 is 2.14 bits per heavy atom. The molecule has 1 atom stereocenters. The molecule has 1 aliphatic heterocycles. The standard InChI is InChI=1S/C15H13F3N2O/c16-15(17,18)14(6-5-10-1-2-10)12-4-3-11(8-21)7-13(12)19-9-20-14/h3-4,7,9-10,21H,1-2,8H2,(H,19,20). The maximum Gasteiger partial charge on any atom is 0.427 e. The molecule has 1 saturated carbocycles. The molecule has 3 nitrogen and oxygen atoms in total. The van der Waals surface area contributed by atoms with Gasteiger partial charge >= 0.3 is 6.18 Å². The minimum Gasteiger partial charge on any atom is -0.392 e. The first-order valence-electron chi connectivity index (χ1n) is 6.60. The molecule has 1 aromatic rings. The molecular formula is C15H13F3N2O. The van der Waals surface area contributed by atoms with Crippen LogP contribution in [0.2, 0.25) is 0 Å². The summed E-state index contributed by atoms with van der Waals surface area (Å²) in [6, 6.07) is 4.24. The predicted molar refractivity (Wildman–Crippen MR) is 71.9 cm³/mol. The first-order valence-corrected chi connectivity index (χ1v) is 6.60. The van der Waals surface area contributed by atoms with Crippen molar-refractivity contribution >= 4 is 12.0 Å². The Kier molecular flexibility index (Phi) is 3.18. The molecule has 0 saturated heterocycles. The molecule has 1 heterocycles. The van der Waals surface area contributed by atoms with Gasteiger partial charge in [-0.05, 0) is 24.5 Å². The molecule has 1 fully saturated rings. The maximum absolute atomic E-state index is 13.7. The Labute approximate surface area is 119 Å². The molecule has 0 spiro atoms. The van der Waals surface area contributed by atoms with E-state index in [2.05, 4.69) is 22.2 Å². The zero-order valence-corrected chi connectivity index (χ0v) is 11.0. The topological polar surface area (TPSA) is 44.6 Å². The van der Waals surface area contributed by atoms with Gasteiger partial charge in [0.1, 0.15) is 0 Å². The summed E-state index contributed by atoms with van der Waals surface area (Å²) in [6.07, 6.45) is -1.84. The Hall–Kier alpha value is -2.00. The van der Waals surface area contributed by atoms with Crippen molar-refractivity contribution in [2.45, 2.75) is 31.2 Å². The second-order valence-electron chi connectivity index (χ2n) is 5.20. The molecule has 3 rings (SSSR count). The summed E-state index contributed by atoms with van der Waals surface area (Å²) < 4.78 is 41.0. The predicted octanol–water partition coefficient (Wildman–Crippen LogP) is 2.61. The molecule has 21 heavy (non-hydrogen) atoms. The van der Waals surface area contributed by atoms with Crippen LogP contribution in [0, 0.1) is 17.8 Å². The summed E-state index contributed by atoms with van der Waals surface area (Å²) in [6.45, 7) is -0.247. The first kappa shape index (κ1) is 14.0. The highest BCUT2D eigenvalue weighted by molar-refractivity contribution is 5.72. The highest BCUT2D eigenvalue weighted by atomic mass is 19.4. The molecule has 0 aromatic heterocycles. The van der Waals surface area contributed by atoms with Crippen LogP contribution in [0.5, 0.6) is 0 Å². The highest BCUT2D eigenvalue weighted by Gasteiger charge is 2.57. The molecule has 1 unspecified atom stereocenters. The quantitative estimate of drug-likeness (QED) is 0.782. The van der Waals surface area contributed by atoms with Crippen molar-refractivity contribution in [3.05, 3.63) is 29.3 Å². The number of halogens is 3. The second-order valence-corrected chi connectivity index (χ2v) is 5.20. The third-order valence-corrected chi connectivity index (χ3v) is 3.60. The molecule has 0 bridgehead atoms. The van der Waals surface area contributed by atoms with E-state index in [1.54, 1.807) is 0 Å². The number of aliphatic hydroxyl groups excluding tert-OH is 1. The van der Waals surface area contributed by atoms with Crippen LogP contribution in [0.25, 0.3) is 0 Å². The van der Waals surface area contributed by atoms with E-state index in [-0.39, 0.29) is 23.8 Å². The summed E-state index contributed by atoms with van der Waals surface area (Å²) >= 11 is 0. The fourth-order valence-electron chi connectivity index (χ4n) is 2.22. The van der Waals surface area contributed by atoms with E-state index < -0.39 is 11.7 Å². The number of hydrogen-bond donors (Lipinski definition) is 2. The van der Waals surface area contributed by atoms with E-state index in [0.29, 0.717) is 5.56 Å². The minimum atomic E-state index is -4.57. The van der Waals surface area contributed by atoms with Crippen LogP contribution < -0.4 is 5.32 Å². The van der Waals surface area contributed by atoms with Gasteiger partial charge in [-0.25, -0.2) is 4.99 Å². The fraction of sp³-hybridized carbons (Fsp3) is 0.400. The van der Waals surface area contributed by atoms with Crippen LogP contribution in [0.4, 0.5) is 18.9 Å². The number of nitrogens with zero attached hydrogens (tertiary/aromatic N) is 1. The monoisotopic (exact) mass is 294 g/mol. The highest BCUT2D eigenvalue weighted by Crippen LogP contribution is 2.44. The van der Waals surface area contributed by atoms with Gasteiger partial charge in [0.05, 0.1) is 18.6 Å². The van der Waals surface area contributed by atoms with Gasteiger partial charge in [-0.2, -0.15) is 13.2 Å². The molecule has 0 amide bonds. The number of aliphatic imine (C=N–C) groups is 1. The summed E-state index contributed by atoms with van der Waals surface area (Å²) in [5.41, 5.74) is -1.76.